The topological polar surface area (TPSA) is 52.0 Å². The third-order valence-corrected chi connectivity index (χ3v) is 3.99. The van der Waals surface area contributed by atoms with E-state index >= 15 is 0 Å². The van der Waals surface area contributed by atoms with Gasteiger partial charge in [0.05, 0.1) is 0 Å². The number of anilines is 1. The monoisotopic (exact) mass is 342 g/mol. The van der Waals surface area contributed by atoms with Gasteiger partial charge in [-0.2, -0.15) is 0 Å². The molecule has 0 saturated carbocycles. The Morgan fingerprint density at radius 2 is 1.69 bits per heavy atom. The zero-order chi connectivity index (χ0) is 11.8. The van der Waals surface area contributed by atoms with Gasteiger partial charge in [0.1, 0.15) is 3.23 Å². The van der Waals surface area contributed by atoms with E-state index in [0.717, 1.165) is 11.4 Å². The number of hydrogen-bond acceptors (Lipinski definition) is 2. The Labute approximate surface area is 112 Å². The van der Waals surface area contributed by atoms with Crippen molar-refractivity contribution in [2.75, 3.05) is 5.73 Å². The lowest BCUT2D eigenvalue weighted by Crippen LogP contribution is -2.23. The maximum atomic E-state index is 5.77. The predicted octanol–water partition coefficient (Wildman–Crippen LogP) is 3.25. The number of halogens is 2. The molecule has 1 aromatic rings. The Morgan fingerprint density at radius 1 is 1.06 bits per heavy atom. The summed E-state index contributed by atoms with van der Waals surface area (Å²) < 4.78 is -0.324. The van der Waals surface area contributed by atoms with Gasteiger partial charge in [0, 0.05) is 17.3 Å². The van der Waals surface area contributed by atoms with Crippen molar-refractivity contribution < 1.29 is 0 Å². The molecule has 4 N–H and O–H groups in total. The van der Waals surface area contributed by atoms with Crippen molar-refractivity contribution in [3.8, 4) is 0 Å². The molecule has 1 atom stereocenters. The van der Waals surface area contributed by atoms with Gasteiger partial charge in [-0.25, -0.2) is 0 Å². The Kier molecular flexibility index (Phi) is 3.13. The molecule has 1 unspecified atom stereocenters. The van der Waals surface area contributed by atoms with Crippen LogP contribution in [0.2, 0.25) is 0 Å². The minimum Gasteiger partial charge on any atom is -0.399 e. The van der Waals surface area contributed by atoms with Gasteiger partial charge < -0.3 is 11.5 Å². The van der Waals surface area contributed by atoms with Crippen LogP contribution in [0.15, 0.2) is 48.2 Å². The summed E-state index contributed by atoms with van der Waals surface area (Å²) in [5.41, 5.74) is 14.1. The molecule has 1 aromatic carbocycles. The molecular weight excluding hydrogens is 332 g/mol. The summed E-state index contributed by atoms with van der Waals surface area (Å²) >= 11 is 7.26. The molecule has 0 heterocycles. The molecule has 2 nitrogen and oxygen atoms in total. The number of alkyl halides is 2. The van der Waals surface area contributed by atoms with Crippen LogP contribution < -0.4 is 11.5 Å². The van der Waals surface area contributed by atoms with Crippen LogP contribution in [0.25, 0.3) is 0 Å². The van der Waals surface area contributed by atoms with Crippen LogP contribution in [0.1, 0.15) is 11.5 Å². The molecule has 0 aliphatic heterocycles. The SMILES string of the molecule is NC1=CC(Br)(Br)C(c2ccc(N)cc2)C=C1. The molecule has 0 spiro atoms. The lowest BCUT2D eigenvalue weighted by atomic mass is 9.91. The van der Waals surface area contributed by atoms with Crippen LogP contribution in [0.3, 0.4) is 0 Å². The fourth-order valence-corrected chi connectivity index (χ4v) is 3.09. The second-order valence-electron chi connectivity index (χ2n) is 3.82. The zero-order valence-corrected chi connectivity index (χ0v) is 11.7. The summed E-state index contributed by atoms with van der Waals surface area (Å²) in [6.07, 6.45) is 5.94. The van der Waals surface area contributed by atoms with E-state index in [2.05, 4.69) is 37.9 Å². The van der Waals surface area contributed by atoms with E-state index in [0.29, 0.717) is 0 Å². The fraction of sp³-hybridized carbons (Fsp3) is 0.167. The first-order valence-corrected chi connectivity index (χ1v) is 6.47. The van der Waals surface area contributed by atoms with Gasteiger partial charge >= 0.3 is 0 Å². The molecule has 0 aromatic heterocycles. The quantitative estimate of drug-likeness (QED) is 0.607. The highest BCUT2D eigenvalue weighted by atomic mass is 79.9. The Morgan fingerprint density at radius 3 is 2.25 bits per heavy atom. The van der Waals surface area contributed by atoms with Crippen LogP contribution in [-0.4, -0.2) is 3.23 Å². The number of rotatable bonds is 1. The van der Waals surface area contributed by atoms with Crippen LogP contribution >= 0.6 is 31.9 Å². The van der Waals surface area contributed by atoms with Crippen LogP contribution in [0.5, 0.6) is 0 Å². The zero-order valence-electron chi connectivity index (χ0n) is 8.53. The van der Waals surface area contributed by atoms with E-state index in [1.165, 1.54) is 5.56 Å². The molecule has 0 saturated heterocycles. The summed E-state index contributed by atoms with van der Waals surface area (Å²) in [4.78, 5) is 0. The molecule has 0 amide bonds. The largest absolute Gasteiger partial charge is 0.399 e. The second-order valence-corrected chi connectivity index (χ2v) is 7.51. The first kappa shape index (κ1) is 11.7. The maximum absolute atomic E-state index is 5.77. The van der Waals surface area contributed by atoms with Gasteiger partial charge in [0.2, 0.25) is 0 Å². The molecule has 84 valence electrons. The van der Waals surface area contributed by atoms with Gasteiger partial charge in [-0.15, -0.1) is 0 Å². The normalized spacial score (nSPS) is 22.9. The summed E-state index contributed by atoms with van der Waals surface area (Å²) in [5, 5.41) is 0. The van der Waals surface area contributed by atoms with E-state index in [1.807, 2.05) is 36.4 Å². The molecule has 0 fully saturated rings. The minimum absolute atomic E-state index is 0.195. The predicted molar refractivity (Wildman–Crippen MR) is 75.6 cm³/mol. The molecular formula is C12H12Br2N2. The number of allylic oxidation sites excluding steroid dienone is 3. The number of hydrogen-bond donors (Lipinski definition) is 2. The number of nitrogen functional groups attached to an aromatic ring is 1. The smallest absolute Gasteiger partial charge is 0.111 e. The summed E-state index contributed by atoms with van der Waals surface area (Å²) in [7, 11) is 0. The average molecular weight is 344 g/mol. The lowest BCUT2D eigenvalue weighted by Gasteiger charge is -2.29. The molecule has 1 aliphatic carbocycles. The summed E-state index contributed by atoms with van der Waals surface area (Å²) in [6.45, 7) is 0. The van der Waals surface area contributed by atoms with E-state index < -0.39 is 0 Å². The Bertz CT molecular complexity index is 447. The van der Waals surface area contributed by atoms with Crippen molar-refractivity contribution >= 4 is 37.5 Å². The van der Waals surface area contributed by atoms with Crippen molar-refractivity contribution in [2.24, 2.45) is 5.73 Å². The van der Waals surface area contributed by atoms with Crippen molar-refractivity contribution in [2.45, 2.75) is 9.15 Å². The standard InChI is InChI=1S/C12H12Br2N2/c13-12(14)7-10(16)5-6-11(12)8-1-3-9(15)4-2-8/h1-7,11H,15-16H2. The van der Waals surface area contributed by atoms with Gasteiger partial charge in [-0.3, -0.25) is 0 Å². The molecule has 0 bridgehead atoms. The molecule has 0 radical (unpaired) electrons. The Balaban J connectivity index is 2.36. The third-order valence-electron chi connectivity index (χ3n) is 2.55. The summed E-state index contributed by atoms with van der Waals surface area (Å²) in [6, 6.07) is 7.86. The average Bonchev–Trinajstić information content (AvgIpc) is 2.18. The maximum Gasteiger partial charge on any atom is 0.111 e. The first-order chi connectivity index (χ1) is 7.49. The van der Waals surface area contributed by atoms with Gasteiger partial charge in [0.25, 0.3) is 0 Å². The Hall–Kier alpha value is -0.740. The van der Waals surface area contributed by atoms with E-state index in [-0.39, 0.29) is 9.15 Å². The van der Waals surface area contributed by atoms with Gasteiger partial charge in [-0.1, -0.05) is 50.1 Å². The molecule has 1 aliphatic rings. The van der Waals surface area contributed by atoms with Crippen LogP contribution in [0, 0.1) is 0 Å². The van der Waals surface area contributed by atoms with E-state index in [4.69, 9.17) is 11.5 Å². The fourth-order valence-electron chi connectivity index (χ4n) is 1.73. The van der Waals surface area contributed by atoms with Gasteiger partial charge in [-0.05, 0) is 29.8 Å². The van der Waals surface area contributed by atoms with Crippen molar-refractivity contribution in [3.63, 3.8) is 0 Å². The van der Waals surface area contributed by atoms with E-state index in [9.17, 15) is 0 Å². The van der Waals surface area contributed by atoms with E-state index in [1.54, 1.807) is 0 Å². The highest BCUT2D eigenvalue weighted by molar-refractivity contribution is 9.25. The minimum atomic E-state index is -0.324. The number of benzene rings is 1. The highest BCUT2D eigenvalue weighted by Gasteiger charge is 2.33. The molecule has 2 rings (SSSR count). The van der Waals surface area contributed by atoms with Crippen molar-refractivity contribution in [1.29, 1.82) is 0 Å². The lowest BCUT2D eigenvalue weighted by molar-refractivity contribution is 0.838. The third kappa shape index (κ3) is 2.33. The summed E-state index contributed by atoms with van der Waals surface area (Å²) in [5.74, 6) is 0.195. The van der Waals surface area contributed by atoms with Crippen molar-refractivity contribution in [1.82, 2.24) is 0 Å². The molecule has 4 heteroatoms. The number of nitrogens with two attached hydrogens (primary N) is 2. The highest BCUT2D eigenvalue weighted by Crippen LogP contribution is 2.45. The van der Waals surface area contributed by atoms with Crippen LogP contribution in [0.4, 0.5) is 5.69 Å². The van der Waals surface area contributed by atoms with Crippen molar-refractivity contribution in [3.05, 3.63) is 53.8 Å². The second kappa shape index (κ2) is 4.26. The van der Waals surface area contributed by atoms with Crippen LogP contribution in [-0.2, 0) is 0 Å². The first-order valence-electron chi connectivity index (χ1n) is 4.89. The van der Waals surface area contributed by atoms with Gasteiger partial charge in [0.15, 0.2) is 0 Å². The molecule has 16 heavy (non-hydrogen) atoms.